The number of rotatable bonds is 3. The summed E-state index contributed by atoms with van der Waals surface area (Å²) in [6, 6.07) is 2.84. The molecule has 1 aromatic heterocycles. The zero-order valence-electron chi connectivity index (χ0n) is 7.97. The first-order valence-electron chi connectivity index (χ1n) is 4.71. The van der Waals surface area contributed by atoms with Gasteiger partial charge < -0.3 is 5.32 Å². The van der Waals surface area contributed by atoms with E-state index >= 15 is 0 Å². The fourth-order valence-corrected chi connectivity index (χ4v) is 2.85. The lowest BCUT2D eigenvalue weighted by Gasteiger charge is -2.11. The maximum atomic E-state index is 3.90. The lowest BCUT2D eigenvalue weighted by molar-refractivity contribution is 0.562. The Hall–Kier alpha value is -0.600. The maximum Gasteiger partial charge on any atom is 0.0423 e. The summed E-state index contributed by atoms with van der Waals surface area (Å²) in [6.45, 7) is 6.91. The summed E-state index contributed by atoms with van der Waals surface area (Å²) < 4.78 is 0. The Labute approximate surface area is 83.5 Å². The van der Waals surface area contributed by atoms with Gasteiger partial charge in [0.15, 0.2) is 0 Å². The quantitative estimate of drug-likeness (QED) is 0.728. The molecule has 0 bridgehead atoms. The maximum absolute atomic E-state index is 3.90. The molecule has 1 heterocycles. The van der Waals surface area contributed by atoms with Crippen LogP contribution >= 0.6 is 11.3 Å². The van der Waals surface area contributed by atoms with Gasteiger partial charge in [-0.3, -0.25) is 0 Å². The van der Waals surface area contributed by atoms with E-state index in [0.29, 0.717) is 6.04 Å². The summed E-state index contributed by atoms with van der Waals surface area (Å²) in [5, 5.41) is 5.73. The summed E-state index contributed by atoms with van der Waals surface area (Å²) in [7, 11) is 0. The van der Waals surface area contributed by atoms with Crippen LogP contribution in [0.25, 0.3) is 0 Å². The summed E-state index contributed by atoms with van der Waals surface area (Å²) in [5.41, 5.74) is 2.76. The van der Waals surface area contributed by atoms with E-state index in [4.69, 9.17) is 0 Å². The first-order valence-corrected chi connectivity index (χ1v) is 5.59. The minimum atomic E-state index is 0.590. The fourth-order valence-electron chi connectivity index (χ4n) is 1.78. The Morgan fingerprint density at radius 3 is 3.38 bits per heavy atom. The van der Waals surface area contributed by atoms with Gasteiger partial charge in [-0.05, 0) is 36.8 Å². The normalized spacial score (nSPS) is 20.2. The van der Waals surface area contributed by atoms with Gasteiger partial charge in [-0.25, -0.2) is 0 Å². The van der Waals surface area contributed by atoms with Crippen molar-refractivity contribution in [3.63, 3.8) is 0 Å². The molecule has 0 amide bonds. The second-order valence-corrected chi connectivity index (χ2v) is 4.69. The molecule has 70 valence electrons. The second kappa shape index (κ2) is 3.64. The summed E-state index contributed by atoms with van der Waals surface area (Å²) >= 11 is 1.88. The number of nitrogens with one attached hydrogen (secondary N) is 1. The van der Waals surface area contributed by atoms with Crippen LogP contribution in [0.4, 0.5) is 0 Å². The van der Waals surface area contributed by atoms with Crippen molar-refractivity contribution in [1.82, 2.24) is 5.32 Å². The van der Waals surface area contributed by atoms with Crippen LogP contribution in [0.2, 0.25) is 0 Å². The van der Waals surface area contributed by atoms with Gasteiger partial charge in [0.05, 0.1) is 0 Å². The van der Waals surface area contributed by atoms with E-state index < -0.39 is 0 Å². The number of thiophene rings is 1. The zero-order chi connectivity index (χ0) is 9.26. The average Bonchev–Trinajstić information content (AvgIpc) is 2.60. The molecule has 1 unspecified atom stereocenters. The number of hydrogen-bond donors (Lipinski definition) is 1. The Bertz CT molecular complexity index is 314. The van der Waals surface area contributed by atoms with Gasteiger partial charge in [-0.15, -0.1) is 11.3 Å². The first-order chi connectivity index (χ1) is 6.27. The molecular formula is C11H15NS. The highest BCUT2D eigenvalue weighted by Crippen LogP contribution is 2.35. The SMILES string of the molecule is C=C(C)CNC1CCc2ccsc21. The summed E-state index contributed by atoms with van der Waals surface area (Å²) in [4.78, 5) is 1.54. The summed E-state index contributed by atoms with van der Waals surface area (Å²) in [6.07, 6.45) is 2.50. The van der Waals surface area contributed by atoms with Crippen molar-refractivity contribution in [3.05, 3.63) is 34.0 Å². The average molecular weight is 193 g/mol. The predicted molar refractivity (Wildman–Crippen MR) is 58.2 cm³/mol. The van der Waals surface area contributed by atoms with E-state index in [2.05, 4.69) is 30.3 Å². The number of hydrogen-bond acceptors (Lipinski definition) is 2. The van der Waals surface area contributed by atoms with Crippen molar-refractivity contribution in [2.24, 2.45) is 0 Å². The van der Waals surface area contributed by atoms with E-state index in [1.165, 1.54) is 18.4 Å². The molecule has 0 fully saturated rings. The molecule has 1 aliphatic rings. The minimum absolute atomic E-state index is 0.590. The number of aryl methyl sites for hydroxylation is 1. The topological polar surface area (TPSA) is 12.0 Å². The summed E-state index contributed by atoms with van der Waals surface area (Å²) in [5.74, 6) is 0. The van der Waals surface area contributed by atoms with Crippen molar-refractivity contribution >= 4 is 11.3 Å². The zero-order valence-corrected chi connectivity index (χ0v) is 8.79. The van der Waals surface area contributed by atoms with Gasteiger partial charge in [-0.2, -0.15) is 0 Å². The van der Waals surface area contributed by atoms with Crippen LogP contribution < -0.4 is 5.32 Å². The Balaban J connectivity index is 2.00. The molecule has 0 aromatic carbocycles. The van der Waals surface area contributed by atoms with Crippen LogP contribution in [0, 0.1) is 0 Å². The molecule has 2 heteroatoms. The molecule has 1 atom stereocenters. The van der Waals surface area contributed by atoms with E-state index in [1.807, 2.05) is 11.3 Å². The monoisotopic (exact) mass is 193 g/mol. The van der Waals surface area contributed by atoms with Crippen molar-refractivity contribution in [3.8, 4) is 0 Å². The number of fused-ring (bicyclic) bond motifs is 1. The second-order valence-electron chi connectivity index (χ2n) is 3.74. The Morgan fingerprint density at radius 2 is 2.62 bits per heavy atom. The lowest BCUT2D eigenvalue weighted by atomic mass is 10.2. The smallest absolute Gasteiger partial charge is 0.0423 e. The highest BCUT2D eigenvalue weighted by molar-refractivity contribution is 7.10. The third-order valence-electron chi connectivity index (χ3n) is 2.45. The van der Waals surface area contributed by atoms with Crippen LogP contribution in [0.1, 0.15) is 29.8 Å². The third kappa shape index (κ3) is 1.84. The molecule has 1 aliphatic carbocycles. The van der Waals surface area contributed by atoms with E-state index in [-0.39, 0.29) is 0 Å². The highest BCUT2D eigenvalue weighted by Gasteiger charge is 2.22. The van der Waals surface area contributed by atoms with Crippen LogP contribution in [-0.4, -0.2) is 6.54 Å². The van der Waals surface area contributed by atoms with Gasteiger partial charge in [0.2, 0.25) is 0 Å². The molecule has 0 saturated heterocycles. The molecule has 0 spiro atoms. The first kappa shape index (κ1) is 8.97. The molecule has 1 nitrogen and oxygen atoms in total. The van der Waals surface area contributed by atoms with Gasteiger partial charge in [0.1, 0.15) is 0 Å². The van der Waals surface area contributed by atoms with E-state index in [1.54, 1.807) is 10.4 Å². The van der Waals surface area contributed by atoms with Crippen molar-refractivity contribution in [2.45, 2.75) is 25.8 Å². The third-order valence-corrected chi connectivity index (χ3v) is 3.52. The molecule has 0 aliphatic heterocycles. The lowest BCUT2D eigenvalue weighted by Crippen LogP contribution is -2.20. The molecular weight excluding hydrogens is 178 g/mol. The van der Waals surface area contributed by atoms with Crippen molar-refractivity contribution in [2.75, 3.05) is 6.54 Å². The molecule has 13 heavy (non-hydrogen) atoms. The predicted octanol–water partition coefficient (Wildman–Crippen LogP) is 2.90. The fraction of sp³-hybridized carbons (Fsp3) is 0.455. The highest BCUT2D eigenvalue weighted by atomic mass is 32.1. The molecule has 1 N–H and O–H groups in total. The van der Waals surface area contributed by atoms with E-state index in [0.717, 1.165) is 6.54 Å². The van der Waals surface area contributed by atoms with Gasteiger partial charge in [0.25, 0.3) is 0 Å². The van der Waals surface area contributed by atoms with Crippen LogP contribution in [0.15, 0.2) is 23.6 Å². The molecule has 0 radical (unpaired) electrons. The van der Waals surface area contributed by atoms with Gasteiger partial charge in [-0.1, -0.05) is 12.2 Å². The molecule has 1 aromatic rings. The van der Waals surface area contributed by atoms with Gasteiger partial charge >= 0.3 is 0 Å². The minimum Gasteiger partial charge on any atom is -0.305 e. The molecule has 0 saturated carbocycles. The van der Waals surface area contributed by atoms with Crippen LogP contribution in [0.5, 0.6) is 0 Å². The van der Waals surface area contributed by atoms with Crippen LogP contribution in [-0.2, 0) is 6.42 Å². The van der Waals surface area contributed by atoms with Crippen LogP contribution in [0.3, 0.4) is 0 Å². The standard InChI is InChI=1S/C11H15NS/c1-8(2)7-12-10-4-3-9-5-6-13-11(9)10/h5-6,10,12H,1,3-4,7H2,2H3. The van der Waals surface area contributed by atoms with E-state index in [9.17, 15) is 0 Å². The van der Waals surface area contributed by atoms with Crippen molar-refractivity contribution < 1.29 is 0 Å². The van der Waals surface area contributed by atoms with Gasteiger partial charge in [0, 0.05) is 17.5 Å². The largest absolute Gasteiger partial charge is 0.305 e. The Kier molecular flexibility index (Phi) is 2.51. The Morgan fingerprint density at radius 1 is 1.77 bits per heavy atom. The van der Waals surface area contributed by atoms with Crippen molar-refractivity contribution in [1.29, 1.82) is 0 Å². The molecule has 2 rings (SSSR count).